The average Bonchev–Trinajstić information content (AvgIpc) is 3.03. The molecule has 160 valence electrons. The van der Waals surface area contributed by atoms with E-state index in [0.29, 0.717) is 23.3 Å². The van der Waals surface area contributed by atoms with Crippen LogP contribution in [0.25, 0.3) is 11.0 Å². The molecule has 1 aliphatic carbocycles. The van der Waals surface area contributed by atoms with Gasteiger partial charge in [0, 0.05) is 24.7 Å². The van der Waals surface area contributed by atoms with Crippen LogP contribution in [0.15, 0.2) is 42.5 Å². The van der Waals surface area contributed by atoms with E-state index in [-0.39, 0.29) is 11.4 Å². The minimum absolute atomic E-state index is 0.252. The molecule has 0 spiro atoms. The fraction of sp³-hybridized carbons (Fsp3) is 0.400. The normalized spacial score (nSPS) is 20.2. The number of benzene rings is 2. The summed E-state index contributed by atoms with van der Waals surface area (Å²) in [5.74, 6) is 1.52. The molecule has 6 heteroatoms. The smallest absolute Gasteiger partial charge is 0.308 e. The van der Waals surface area contributed by atoms with Crippen molar-refractivity contribution in [2.75, 3.05) is 5.32 Å². The van der Waals surface area contributed by atoms with Crippen LogP contribution in [0.3, 0.4) is 0 Å². The molecule has 0 radical (unpaired) electrons. The van der Waals surface area contributed by atoms with E-state index in [4.69, 9.17) is 15.0 Å². The quantitative estimate of drug-likeness (QED) is 0.419. The summed E-state index contributed by atoms with van der Waals surface area (Å²) in [6.45, 7) is 8.38. The van der Waals surface area contributed by atoms with Gasteiger partial charge in [-0.25, -0.2) is 4.98 Å². The van der Waals surface area contributed by atoms with E-state index in [1.165, 1.54) is 13.3 Å². The molecule has 31 heavy (non-hydrogen) atoms. The lowest BCUT2D eigenvalue weighted by Crippen LogP contribution is -2.29. The van der Waals surface area contributed by atoms with E-state index in [9.17, 15) is 4.79 Å². The predicted octanol–water partition coefficient (Wildman–Crippen LogP) is 5.96. The van der Waals surface area contributed by atoms with Crippen molar-refractivity contribution in [1.82, 2.24) is 9.55 Å². The van der Waals surface area contributed by atoms with Gasteiger partial charge in [-0.1, -0.05) is 20.8 Å². The lowest BCUT2D eigenvalue weighted by molar-refractivity contribution is -0.131. The number of hydrogen-bond donors (Lipinski definition) is 1. The Morgan fingerprint density at radius 1 is 1.23 bits per heavy atom. The first kappa shape index (κ1) is 20.9. The molecule has 2 aromatic carbocycles. The third-order valence-corrected chi connectivity index (χ3v) is 5.92. The number of anilines is 2. The van der Waals surface area contributed by atoms with Crippen LogP contribution in [0.4, 0.5) is 11.6 Å². The van der Waals surface area contributed by atoms with E-state index in [1.807, 2.05) is 30.3 Å². The maximum Gasteiger partial charge on any atom is 0.308 e. The fourth-order valence-electron chi connectivity index (χ4n) is 5.02. The molecule has 4 rings (SSSR count). The minimum Gasteiger partial charge on any atom is -0.427 e. The zero-order valence-electron chi connectivity index (χ0n) is 18.5. The largest absolute Gasteiger partial charge is 0.427 e. The van der Waals surface area contributed by atoms with Crippen molar-refractivity contribution >= 4 is 28.6 Å². The van der Waals surface area contributed by atoms with Crippen LogP contribution in [-0.2, 0) is 4.79 Å². The number of nitrogens with one attached hydrogen (secondary N) is 1. The molecule has 1 N–H and O–H groups in total. The molecular weight excluding hydrogens is 388 g/mol. The topological polar surface area (TPSA) is 79.9 Å². The highest BCUT2D eigenvalue weighted by atomic mass is 16.5. The number of imidazole rings is 1. The summed E-state index contributed by atoms with van der Waals surface area (Å²) < 4.78 is 7.57. The lowest BCUT2D eigenvalue weighted by atomic mass is 9.70. The van der Waals surface area contributed by atoms with Crippen LogP contribution in [0.5, 0.6) is 5.75 Å². The molecule has 0 bridgehead atoms. The summed E-state index contributed by atoms with van der Waals surface area (Å²) >= 11 is 0. The number of aromatic nitrogens is 2. The summed E-state index contributed by atoms with van der Waals surface area (Å²) in [6.07, 6.45) is 3.37. The third kappa shape index (κ3) is 4.56. The molecule has 0 amide bonds. The molecule has 1 saturated carbocycles. The summed E-state index contributed by atoms with van der Waals surface area (Å²) in [5, 5.41) is 12.5. The first-order valence-electron chi connectivity index (χ1n) is 10.7. The number of nitriles is 1. The number of nitrogens with zero attached hydrogens (tertiary/aromatic N) is 3. The number of ether oxygens (including phenoxy) is 1. The Morgan fingerprint density at radius 3 is 2.61 bits per heavy atom. The molecule has 1 heterocycles. The molecule has 0 saturated heterocycles. The number of fused-ring (bicyclic) bond motifs is 1. The van der Waals surface area contributed by atoms with Crippen molar-refractivity contribution in [2.45, 2.75) is 53.0 Å². The van der Waals surface area contributed by atoms with Crippen LogP contribution in [-0.4, -0.2) is 15.5 Å². The Labute approximate surface area is 182 Å². The Morgan fingerprint density at radius 2 is 1.97 bits per heavy atom. The van der Waals surface area contributed by atoms with Crippen LogP contribution in [0.2, 0.25) is 0 Å². The Balaban J connectivity index is 1.79. The third-order valence-electron chi connectivity index (χ3n) is 5.92. The number of carbonyl (C=O) groups excluding carboxylic acids is 1. The molecular formula is C25H28N4O2. The van der Waals surface area contributed by atoms with Crippen molar-refractivity contribution in [2.24, 2.45) is 11.3 Å². The second-order valence-electron chi connectivity index (χ2n) is 9.43. The number of carbonyl (C=O) groups is 1. The van der Waals surface area contributed by atoms with Crippen molar-refractivity contribution < 1.29 is 9.53 Å². The molecule has 1 fully saturated rings. The van der Waals surface area contributed by atoms with Gasteiger partial charge >= 0.3 is 5.97 Å². The van der Waals surface area contributed by atoms with Gasteiger partial charge in [-0.05, 0) is 67.0 Å². The molecule has 0 unspecified atom stereocenters. The lowest BCUT2D eigenvalue weighted by Gasteiger charge is -2.40. The van der Waals surface area contributed by atoms with E-state index in [0.717, 1.165) is 35.5 Å². The van der Waals surface area contributed by atoms with Gasteiger partial charge in [0.05, 0.1) is 22.7 Å². The predicted molar refractivity (Wildman–Crippen MR) is 121 cm³/mol. The van der Waals surface area contributed by atoms with Gasteiger partial charge in [-0.15, -0.1) is 0 Å². The van der Waals surface area contributed by atoms with Gasteiger partial charge < -0.3 is 14.6 Å². The molecule has 2 atom stereocenters. The fourth-order valence-corrected chi connectivity index (χ4v) is 5.02. The zero-order valence-corrected chi connectivity index (χ0v) is 18.5. The van der Waals surface area contributed by atoms with Crippen LogP contribution >= 0.6 is 0 Å². The summed E-state index contributed by atoms with van der Waals surface area (Å²) in [4.78, 5) is 16.2. The summed E-state index contributed by atoms with van der Waals surface area (Å²) in [7, 11) is 0. The number of rotatable bonds is 4. The minimum atomic E-state index is -0.349. The van der Waals surface area contributed by atoms with Gasteiger partial charge in [0.25, 0.3) is 0 Å². The molecule has 1 aromatic heterocycles. The SMILES string of the molecule is CC(=O)Oc1ccc2c(c1)nc(Nc1ccc(C#N)cc1)n2[C@H]1C[C@@H](C)CC(C)(C)C1. The maximum atomic E-state index is 11.4. The zero-order chi connectivity index (χ0) is 22.2. The van der Waals surface area contributed by atoms with Crippen molar-refractivity contribution in [1.29, 1.82) is 5.26 Å². The van der Waals surface area contributed by atoms with Crippen LogP contribution < -0.4 is 10.1 Å². The van der Waals surface area contributed by atoms with Gasteiger partial charge in [-0.3, -0.25) is 4.79 Å². The first-order chi connectivity index (χ1) is 14.7. The summed E-state index contributed by atoms with van der Waals surface area (Å²) in [6, 6.07) is 15.4. The molecule has 6 nitrogen and oxygen atoms in total. The van der Waals surface area contributed by atoms with Gasteiger partial charge in [0.15, 0.2) is 0 Å². The molecule has 0 aliphatic heterocycles. The Kier molecular flexibility index (Phi) is 5.45. The van der Waals surface area contributed by atoms with E-state index in [1.54, 1.807) is 12.1 Å². The van der Waals surface area contributed by atoms with Crippen molar-refractivity contribution in [3.63, 3.8) is 0 Å². The number of hydrogen-bond acceptors (Lipinski definition) is 5. The Hall–Kier alpha value is -3.33. The first-order valence-corrected chi connectivity index (χ1v) is 10.7. The van der Waals surface area contributed by atoms with Crippen LogP contribution in [0, 0.1) is 22.7 Å². The van der Waals surface area contributed by atoms with Gasteiger partial charge in [0.2, 0.25) is 5.95 Å². The van der Waals surface area contributed by atoms with E-state index in [2.05, 4.69) is 36.7 Å². The highest BCUT2D eigenvalue weighted by molar-refractivity contribution is 5.82. The van der Waals surface area contributed by atoms with Gasteiger partial charge in [0.1, 0.15) is 5.75 Å². The maximum absolute atomic E-state index is 11.4. The highest BCUT2D eigenvalue weighted by Crippen LogP contribution is 2.46. The average molecular weight is 417 g/mol. The van der Waals surface area contributed by atoms with E-state index >= 15 is 0 Å². The van der Waals surface area contributed by atoms with Crippen LogP contribution in [0.1, 0.15) is 58.6 Å². The highest BCUT2D eigenvalue weighted by Gasteiger charge is 2.34. The molecule has 3 aromatic rings. The van der Waals surface area contributed by atoms with Crippen molar-refractivity contribution in [3.05, 3.63) is 48.0 Å². The van der Waals surface area contributed by atoms with E-state index < -0.39 is 0 Å². The second kappa shape index (κ2) is 8.07. The van der Waals surface area contributed by atoms with Crippen molar-refractivity contribution in [3.8, 4) is 11.8 Å². The standard InChI is InChI=1S/C25H28N4O2/c1-16-11-20(14-25(3,4)13-16)29-23-10-9-21(31-17(2)30)12-22(23)28-24(29)27-19-7-5-18(15-26)6-8-19/h5-10,12,16,20H,11,13-14H2,1-4H3,(H,27,28)/t16-,20+/m1/s1. The Bertz CT molecular complexity index is 1150. The molecule has 1 aliphatic rings. The second-order valence-corrected chi connectivity index (χ2v) is 9.43. The van der Waals surface area contributed by atoms with Gasteiger partial charge in [-0.2, -0.15) is 5.26 Å². The summed E-state index contributed by atoms with van der Waals surface area (Å²) in [5.41, 5.74) is 3.54. The monoisotopic (exact) mass is 416 g/mol. The number of esters is 1.